The van der Waals surface area contributed by atoms with Crippen LogP contribution in [-0.4, -0.2) is 10.4 Å². The van der Waals surface area contributed by atoms with Crippen molar-refractivity contribution in [2.24, 2.45) is 0 Å². The third-order valence-corrected chi connectivity index (χ3v) is 4.10. The minimum atomic E-state index is 0.103. The molecule has 0 fully saturated rings. The van der Waals surface area contributed by atoms with Gasteiger partial charge in [-0.3, -0.25) is 4.79 Å². The second-order valence-electron chi connectivity index (χ2n) is 5.80. The number of ketones is 1. The minimum absolute atomic E-state index is 0.103. The summed E-state index contributed by atoms with van der Waals surface area (Å²) in [6.07, 6.45) is 4.28. The first-order chi connectivity index (χ1) is 10.7. The Labute approximate surface area is 131 Å². The molecule has 0 atom stereocenters. The quantitative estimate of drug-likeness (QED) is 0.608. The molecule has 0 N–H and O–H groups in total. The molecule has 22 heavy (non-hydrogen) atoms. The van der Waals surface area contributed by atoms with Crippen molar-refractivity contribution < 1.29 is 4.79 Å². The zero-order chi connectivity index (χ0) is 15.5. The lowest BCUT2D eigenvalue weighted by Gasteiger charge is -2.02. The Balaban J connectivity index is 2.06. The van der Waals surface area contributed by atoms with Gasteiger partial charge in [0.2, 0.25) is 0 Å². The van der Waals surface area contributed by atoms with Crippen molar-refractivity contribution >= 4 is 16.7 Å². The van der Waals surface area contributed by atoms with Crippen molar-refractivity contribution in [2.75, 3.05) is 0 Å². The number of carbonyl (C=O) groups excluding carboxylic acids is 1. The lowest BCUT2D eigenvalue weighted by atomic mass is 10.0. The van der Waals surface area contributed by atoms with E-state index in [0.717, 1.165) is 41.4 Å². The molecule has 0 aliphatic carbocycles. The predicted molar refractivity (Wildman–Crippen MR) is 91.5 cm³/mol. The second kappa shape index (κ2) is 6.18. The Morgan fingerprint density at radius 2 is 1.77 bits per heavy atom. The van der Waals surface area contributed by atoms with Crippen LogP contribution in [0, 0.1) is 6.92 Å². The molecule has 2 nitrogen and oxygen atoms in total. The molecule has 0 unspecified atom stereocenters. The van der Waals surface area contributed by atoms with Gasteiger partial charge in [-0.2, -0.15) is 0 Å². The number of para-hydroxylation sites is 1. The summed E-state index contributed by atoms with van der Waals surface area (Å²) in [5.74, 6) is 0.103. The number of carbonyl (C=O) groups is 1. The van der Waals surface area contributed by atoms with Crippen LogP contribution in [0.5, 0.6) is 0 Å². The molecule has 112 valence electrons. The van der Waals surface area contributed by atoms with Gasteiger partial charge in [0.15, 0.2) is 5.78 Å². The van der Waals surface area contributed by atoms with Crippen LogP contribution in [0.1, 0.15) is 41.3 Å². The van der Waals surface area contributed by atoms with E-state index in [4.69, 9.17) is 0 Å². The average Bonchev–Trinajstić information content (AvgIpc) is 2.92. The van der Waals surface area contributed by atoms with Crippen LogP contribution >= 0.6 is 0 Å². The highest BCUT2D eigenvalue weighted by Gasteiger charge is 2.16. The van der Waals surface area contributed by atoms with E-state index in [1.165, 1.54) is 5.56 Å². The molecule has 0 saturated heterocycles. The third kappa shape index (κ3) is 2.69. The van der Waals surface area contributed by atoms with Crippen LogP contribution in [-0.2, 0) is 6.54 Å². The van der Waals surface area contributed by atoms with E-state index in [0.29, 0.717) is 0 Å². The fourth-order valence-corrected chi connectivity index (χ4v) is 2.80. The molecule has 0 bridgehead atoms. The van der Waals surface area contributed by atoms with Crippen LogP contribution in [0.2, 0.25) is 0 Å². The largest absolute Gasteiger partial charge is 0.347 e. The summed E-state index contributed by atoms with van der Waals surface area (Å²) in [6.45, 7) is 5.17. The first-order valence-corrected chi connectivity index (χ1v) is 7.90. The van der Waals surface area contributed by atoms with Crippen molar-refractivity contribution in [1.29, 1.82) is 0 Å². The fraction of sp³-hybridized carbons (Fsp3) is 0.250. The Bertz CT molecular complexity index is 796. The molecule has 3 aromatic rings. The summed E-state index contributed by atoms with van der Waals surface area (Å²) in [7, 11) is 0. The first-order valence-electron chi connectivity index (χ1n) is 7.90. The lowest BCUT2D eigenvalue weighted by Crippen LogP contribution is -2.01. The van der Waals surface area contributed by atoms with Gasteiger partial charge in [0.25, 0.3) is 0 Å². The molecule has 0 aliphatic heterocycles. The number of aromatic nitrogens is 1. The van der Waals surface area contributed by atoms with Gasteiger partial charge in [-0.25, -0.2) is 0 Å². The lowest BCUT2D eigenvalue weighted by molar-refractivity contribution is 0.104. The Hall–Kier alpha value is -2.35. The number of fused-ring (bicyclic) bond motifs is 1. The van der Waals surface area contributed by atoms with Gasteiger partial charge in [0.1, 0.15) is 0 Å². The summed E-state index contributed by atoms with van der Waals surface area (Å²) < 4.78 is 2.21. The maximum absolute atomic E-state index is 12.8. The molecule has 1 heterocycles. The zero-order valence-electron chi connectivity index (χ0n) is 13.2. The fourth-order valence-electron chi connectivity index (χ4n) is 2.80. The normalized spacial score (nSPS) is 11.0. The van der Waals surface area contributed by atoms with Gasteiger partial charge in [-0.15, -0.1) is 0 Å². The molecule has 0 amide bonds. The first kappa shape index (κ1) is 14.6. The van der Waals surface area contributed by atoms with Crippen LogP contribution in [0.15, 0.2) is 54.7 Å². The number of unbranched alkanes of at least 4 members (excludes halogenated alkanes) is 1. The number of hydrogen-bond acceptors (Lipinski definition) is 1. The number of benzene rings is 2. The average molecular weight is 291 g/mol. The highest BCUT2D eigenvalue weighted by molar-refractivity contribution is 6.16. The van der Waals surface area contributed by atoms with Gasteiger partial charge in [0, 0.05) is 34.8 Å². The van der Waals surface area contributed by atoms with Gasteiger partial charge < -0.3 is 4.57 Å². The maximum atomic E-state index is 12.8. The van der Waals surface area contributed by atoms with Crippen molar-refractivity contribution in [3.05, 3.63) is 71.4 Å². The van der Waals surface area contributed by atoms with Crippen molar-refractivity contribution in [3.63, 3.8) is 0 Å². The summed E-state index contributed by atoms with van der Waals surface area (Å²) in [6, 6.07) is 16.0. The van der Waals surface area contributed by atoms with E-state index in [9.17, 15) is 4.79 Å². The molecule has 0 spiro atoms. The Kier molecular flexibility index (Phi) is 4.10. The Morgan fingerprint density at radius 1 is 1.05 bits per heavy atom. The van der Waals surface area contributed by atoms with Crippen LogP contribution < -0.4 is 0 Å². The molecule has 0 saturated carbocycles. The van der Waals surface area contributed by atoms with E-state index in [1.807, 2.05) is 55.6 Å². The summed E-state index contributed by atoms with van der Waals surface area (Å²) in [4.78, 5) is 12.8. The van der Waals surface area contributed by atoms with Crippen molar-refractivity contribution in [3.8, 4) is 0 Å². The van der Waals surface area contributed by atoms with Crippen molar-refractivity contribution in [2.45, 2.75) is 33.2 Å². The van der Waals surface area contributed by atoms with Crippen LogP contribution in [0.25, 0.3) is 10.9 Å². The maximum Gasteiger partial charge on any atom is 0.195 e. The molecule has 2 aromatic carbocycles. The molecule has 0 aliphatic rings. The molecule has 0 radical (unpaired) electrons. The number of aryl methyl sites for hydroxylation is 2. The van der Waals surface area contributed by atoms with Crippen molar-refractivity contribution in [1.82, 2.24) is 4.57 Å². The monoisotopic (exact) mass is 291 g/mol. The highest BCUT2D eigenvalue weighted by atomic mass is 16.1. The highest BCUT2D eigenvalue weighted by Crippen LogP contribution is 2.24. The molecule has 1 aromatic heterocycles. The molecule has 2 heteroatoms. The molecular formula is C20H21NO. The Morgan fingerprint density at radius 3 is 2.50 bits per heavy atom. The van der Waals surface area contributed by atoms with E-state index >= 15 is 0 Å². The SMILES string of the molecule is CCCCn1cc(C(=O)c2ccc(C)cc2)c2ccccc21. The molecule has 3 rings (SSSR count). The summed E-state index contributed by atoms with van der Waals surface area (Å²) in [5, 5.41) is 1.05. The van der Waals surface area contributed by atoms with Gasteiger partial charge in [0.05, 0.1) is 0 Å². The number of hydrogen-bond donors (Lipinski definition) is 0. The summed E-state index contributed by atoms with van der Waals surface area (Å²) >= 11 is 0. The smallest absolute Gasteiger partial charge is 0.195 e. The van der Waals surface area contributed by atoms with Crippen LogP contribution in [0.3, 0.4) is 0 Å². The molecular weight excluding hydrogens is 270 g/mol. The second-order valence-corrected chi connectivity index (χ2v) is 5.80. The van der Waals surface area contributed by atoms with E-state index < -0.39 is 0 Å². The topological polar surface area (TPSA) is 22.0 Å². The van der Waals surface area contributed by atoms with Gasteiger partial charge >= 0.3 is 0 Å². The standard InChI is InChI=1S/C20H21NO/c1-3-4-13-21-14-18(17-7-5-6-8-19(17)21)20(22)16-11-9-15(2)10-12-16/h5-12,14H,3-4,13H2,1-2H3. The number of rotatable bonds is 5. The third-order valence-electron chi connectivity index (χ3n) is 4.10. The van der Waals surface area contributed by atoms with Gasteiger partial charge in [-0.1, -0.05) is 61.4 Å². The minimum Gasteiger partial charge on any atom is -0.347 e. The number of nitrogens with zero attached hydrogens (tertiary/aromatic N) is 1. The van der Waals surface area contributed by atoms with Crippen LogP contribution in [0.4, 0.5) is 0 Å². The predicted octanol–water partition coefficient (Wildman–Crippen LogP) is 4.98. The van der Waals surface area contributed by atoms with Gasteiger partial charge in [-0.05, 0) is 19.4 Å². The zero-order valence-corrected chi connectivity index (χ0v) is 13.2. The summed E-state index contributed by atoms with van der Waals surface area (Å²) in [5.41, 5.74) is 3.87. The van der Waals surface area contributed by atoms with E-state index in [2.05, 4.69) is 17.6 Å². The van der Waals surface area contributed by atoms with E-state index in [-0.39, 0.29) is 5.78 Å². The van der Waals surface area contributed by atoms with E-state index in [1.54, 1.807) is 0 Å².